The minimum Gasteiger partial charge on any atom is -0.310 e. The standard InChI is InChI=1S/C50H31NS2/c1-2-11-38-35(10-1)31-46(41-13-4-3-12-40(38)41)51(36-25-20-32(21-26-36)34-24-29-49-45(30-34)43-15-6-7-18-47(43)52-49)37-27-22-33(23-28-37)39-16-9-17-44-42-14-5-8-19-48(42)53-50(39)44/h1-31H. The first kappa shape index (κ1) is 30.4. The molecule has 9 aromatic carbocycles. The molecule has 11 rings (SSSR count). The highest BCUT2D eigenvalue weighted by atomic mass is 32.1. The Hall–Kier alpha value is -6.26. The van der Waals surface area contributed by atoms with Crippen LogP contribution >= 0.6 is 22.7 Å². The van der Waals surface area contributed by atoms with Crippen molar-refractivity contribution in [3.05, 3.63) is 188 Å². The van der Waals surface area contributed by atoms with Gasteiger partial charge in [-0.05, 0) is 93.0 Å². The van der Waals surface area contributed by atoms with Gasteiger partial charge in [0.15, 0.2) is 0 Å². The summed E-state index contributed by atoms with van der Waals surface area (Å²) in [5.74, 6) is 0. The summed E-state index contributed by atoms with van der Waals surface area (Å²) in [6, 6.07) is 69.2. The van der Waals surface area contributed by atoms with Crippen LogP contribution in [-0.2, 0) is 0 Å². The van der Waals surface area contributed by atoms with Crippen molar-refractivity contribution in [2.45, 2.75) is 0 Å². The first-order chi connectivity index (χ1) is 26.3. The molecule has 11 aromatic rings. The topological polar surface area (TPSA) is 3.24 Å². The second-order valence-corrected chi connectivity index (χ2v) is 15.8. The van der Waals surface area contributed by atoms with Crippen LogP contribution < -0.4 is 4.90 Å². The summed E-state index contributed by atoms with van der Waals surface area (Å²) in [7, 11) is 0. The van der Waals surface area contributed by atoms with Crippen molar-refractivity contribution in [1.29, 1.82) is 0 Å². The van der Waals surface area contributed by atoms with Gasteiger partial charge in [-0.2, -0.15) is 0 Å². The number of rotatable bonds is 5. The quantitative estimate of drug-likeness (QED) is 0.161. The Morgan fingerprint density at radius 1 is 0.321 bits per heavy atom. The van der Waals surface area contributed by atoms with Crippen molar-refractivity contribution in [3.8, 4) is 22.3 Å². The summed E-state index contributed by atoms with van der Waals surface area (Å²) in [4.78, 5) is 2.43. The van der Waals surface area contributed by atoms with E-state index in [9.17, 15) is 0 Å². The van der Waals surface area contributed by atoms with Crippen molar-refractivity contribution in [1.82, 2.24) is 0 Å². The van der Waals surface area contributed by atoms with Crippen LogP contribution in [0.25, 0.3) is 84.1 Å². The number of nitrogens with zero attached hydrogens (tertiary/aromatic N) is 1. The highest BCUT2D eigenvalue weighted by Gasteiger charge is 2.19. The maximum atomic E-state index is 2.43. The fourth-order valence-electron chi connectivity index (χ4n) is 8.12. The van der Waals surface area contributed by atoms with Crippen molar-refractivity contribution < 1.29 is 0 Å². The maximum Gasteiger partial charge on any atom is 0.0546 e. The zero-order valence-corrected chi connectivity index (χ0v) is 30.3. The molecule has 248 valence electrons. The van der Waals surface area contributed by atoms with E-state index in [0.717, 1.165) is 17.1 Å². The molecular formula is C50H31NS2. The zero-order chi connectivity index (χ0) is 34.9. The van der Waals surface area contributed by atoms with Gasteiger partial charge in [0.1, 0.15) is 0 Å². The molecule has 0 radical (unpaired) electrons. The molecule has 0 N–H and O–H groups in total. The monoisotopic (exact) mass is 709 g/mol. The second-order valence-electron chi connectivity index (χ2n) is 13.7. The van der Waals surface area contributed by atoms with Crippen LogP contribution in [0.4, 0.5) is 17.1 Å². The molecule has 2 heterocycles. The van der Waals surface area contributed by atoms with Gasteiger partial charge in [0.2, 0.25) is 0 Å². The van der Waals surface area contributed by atoms with Gasteiger partial charge < -0.3 is 4.90 Å². The van der Waals surface area contributed by atoms with Crippen molar-refractivity contribution in [3.63, 3.8) is 0 Å². The van der Waals surface area contributed by atoms with Gasteiger partial charge in [0.05, 0.1) is 5.69 Å². The summed E-state index contributed by atoms with van der Waals surface area (Å²) in [5, 5.41) is 10.3. The fraction of sp³-hybridized carbons (Fsp3) is 0. The Morgan fingerprint density at radius 3 is 1.62 bits per heavy atom. The van der Waals surface area contributed by atoms with Gasteiger partial charge in [-0.15, -0.1) is 22.7 Å². The lowest BCUT2D eigenvalue weighted by atomic mass is 9.98. The lowest BCUT2D eigenvalue weighted by Gasteiger charge is -2.28. The van der Waals surface area contributed by atoms with Crippen molar-refractivity contribution >= 4 is 102 Å². The lowest BCUT2D eigenvalue weighted by molar-refractivity contribution is 1.30. The molecule has 0 unspecified atom stereocenters. The number of thiophene rings is 2. The smallest absolute Gasteiger partial charge is 0.0546 e. The highest BCUT2D eigenvalue weighted by molar-refractivity contribution is 7.26. The van der Waals surface area contributed by atoms with Gasteiger partial charge in [-0.25, -0.2) is 0 Å². The van der Waals surface area contributed by atoms with E-state index in [0.29, 0.717) is 0 Å². The van der Waals surface area contributed by atoms with E-state index in [1.165, 1.54) is 84.1 Å². The fourth-order valence-corrected chi connectivity index (χ4v) is 10.4. The molecule has 0 fully saturated rings. The first-order valence-corrected chi connectivity index (χ1v) is 19.6. The van der Waals surface area contributed by atoms with Crippen LogP contribution in [0.2, 0.25) is 0 Å². The number of benzene rings is 9. The van der Waals surface area contributed by atoms with E-state index < -0.39 is 0 Å². The van der Waals surface area contributed by atoms with Crippen LogP contribution in [-0.4, -0.2) is 0 Å². The van der Waals surface area contributed by atoms with Gasteiger partial charge in [-0.1, -0.05) is 133 Å². The molecule has 0 atom stereocenters. The summed E-state index contributed by atoms with van der Waals surface area (Å²) >= 11 is 3.74. The van der Waals surface area contributed by atoms with E-state index in [1.54, 1.807) is 0 Å². The predicted octanol–water partition coefficient (Wildman–Crippen LogP) is 15.5. The van der Waals surface area contributed by atoms with Crippen LogP contribution in [0.1, 0.15) is 0 Å². The van der Waals surface area contributed by atoms with E-state index in [1.807, 2.05) is 22.7 Å². The minimum atomic E-state index is 1.12. The predicted molar refractivity (Wildman–Crippen MR) is 233 cm³/mol. The number of anilines is 3. The first-order valence-electron chi connectivity index (χ1n) is 18.0. The third kappa shape index (κ3) is 4.97. The average Bonchev–Trinajstić information content (AvgIpc) is 3.80. The van der Waals surface area contributed by atoms with Gasteiger partial charge >= 0.3 is 0 Å². The lowest BCUT2D eigenvalue weighted by Crippen LogP contribution is -2.10. The largest absolute Gasteiger partial charge is 0.310 e. The van der Waals surface area contributed by atoms with Crippen LogP contribution in [0.15, 0.2) is 188 Å². The summed E-state index contributed by atoms with van der Waals surface area (Å²) in [6.45, 7) is 0. The summed E-state index contributed by atoms with van der Waals surface area (Å²) < 4.78 is 5.32. The third-order valence-electron chi connectivity index (χ3n) is 10.7. The van der Waals surface area contributed by atoms with E-state index in [2.05, 4.69) is 193 Å². The van der Waals surface area contributed by atoms with Crippen LogP contribution in [0, 0.1) is 0 Å². The highest BCUT2D eigenvalue weighted by Crippen LogP contribution is 2.45. The molecule has 2 aromatic heterocycles. The Kier molecular flexibility index (Phi) is 6.97. The van der Waals surface area contributed by atoms with Gasteiger partial charge in [0, 0.05) is 57.1 Å². The summed E-state index contributed by atoms with van der Waals surface area (Å²) in [6.07, 6.45) is 0. The number of hydrogen-bond acceptors (Lipinski definition) is 3. The SMILES string of the molecule is c1ccc2c(c1)cc(N(c1ccc(-c3ccc4sc5ccccc5c4c3)cc1)c1ccc(-c3cccc4c3sc3ccccc34)cc1)c1ccccc12. The van der Waals surface area contributed by atoms with Crippen LogP contribution in [0.3, 0.4) is 0 Å². The Morgan fingerprint density at radius 2 is 0.868 bits per heavy atom. The third-order valence-corrected chi connectivity index (χ3v) is 13.0. The molecule has 0 spiro atoms. The Labute approximate surface area is 315 Å². The number of fused-ring (bicyclic) bond motifs is 9. The zero-order valence-electron chi connectivity index (χ0n) is 28.7. The maximum absolute atomic E-state index is 2.43. The normalized spacial score (nSPS) is 11.8. The Balaban J connectivity index is 1.06. The van der Waals surface area contributed by atoms with Crippen LogP contribution in [0.5, 0.6) is 0 Å². The molecule has 53 heavy (non-hydrogen) atoms. The Bertz CT molecular complexity index is 3170. The molecule has 0 saturated heterocycles. The van der Waals surface area contributed by atoms with Crippen molar-refractivity contribution in [2.75, 3.05) is 4.90 Å². The average molecular weight is 710 g/mol. The van der Waals surface area contributed by atoms with Gasteiger partial charge in [0.25, 0.3) is 0 Å². The molecule has 0 amide bonds. The second kappa shape index (κ2) is 12.2. The molecule has 0 aliphatic rings. The molecule has 0 saturated carbocycles. The van der Waals surface area contributed by atoms with Gasteiger partial charge in [-0.3, -0.25) is 0 Å². The minimum absolute atomic E-state index is 1.12. The molecule has 0 bridgehead atoms. The molecule has 3 heteroatoms. The molecule has 0 aliphatic carbocycles. The molecule has 1 nitrogen and oxygen atoms in total. The van der Waals surface area contributed by atoms with E-state index >= 15 is 0 Å². The summed E-state index contributed by atoms with van der Waals surface area (Å²) in [5.41, 5.74) is 8.35. The molecule has 0 aliphatic heterocycles. The van der Waals surface area contributed by atoms with E-state index in [4.69, 9.17) is 0 Å². The molecular weight excluding hydrogens is 679 g/mol. The number of hydrogen-bond donors (Lipinski definition) is 0. The van der Waals surface area contributed by atoms with E-state index in [-0.39, 0.29) is 0 Å². The van der Waals surface area contributed by atoms with Crippen molar-refractivity contribution in [2.24, 2.45) is 0 Å².